The highest BCUT2D eigenvalue weighted by Gasteiger charge is 2.10. The Bertz CT molecular complexity index is 572. The van der Waals surface area contributed by atoms with E-state index in [0.29, 0.717) is 11.4 Å². The number of carbonyl (C=O) groups excluding carboxylic acids is 1. The summed E-state index contributed by atoms with van der Waals surface area (Å²) in [6.45, 7) is 2.09. The van der Waals surface area contributed by atoms with E-state index in [9.17, 15) is 13.2 Å². The van der Waals surface area contributed by atoms with Gasteiger partial charge in [0.05, 0.1) is 5.75 Å². The summed E-state index contributed by atoms with van der Waals surface area (Å²) in [7, 11) is -3.09. The molecule has 0 aromatic carbocycles. The van der Waals surface area contributed by atoms with E-state index in [1.165, 1.54) is 6.07 Å². The molecule has 0 aliphatic heterocycles. The third-order valence-corrected chi connectivity index (χ3v) is 3.50. The zero-order valence-electron chi connectivity index (χ0n) is 11.6. The molecule has 0 aliphatic rings. The molecule has 0 atom stereocenters. The number of hydrazine groups is 1. The van der Waals surface area contributed by atoms with E-state index in [1.54, 1.807) is 6.07 Å². The molecular weight excluding hydrogens is 280 g/mol. The minimum atomic E-state index is -3.09. The lowest BCUT2D eigenvalue weighted by atomic mass is 10.1. The van der Waals surface area contributed by atoms with Gasteiger partial charge in [0.1, 0.15) is 15.7 Å². The topological polar surface area (TPSA) is 114 Å². The van der Waals surface area contributed by atoms with Crippen molar-refractivity contribution in [2.45, 2.75) is 19.8 Å². The number of carbonyl (C=O) groups is 1. The molecule has 0 saturated heterocycles. The summed E-state index contributed by atoms with van der Waals surface area (Å²) in [4.78, 5) is 16.2. The van der Waals surface area contributed by atoms with Gasteiger partial charge >= 0.3 is 0 Å². The lowest BCUT2D eigenvalue weighted by Crippen LogP contribution is -2.29. The molecule has 1 heterocycles. The number of nitrogen functional groups attached to an aromatic ring is 1. The number of amides is 1. The van der Waals surface area contributed by atoms with Crippen LogP contribution < -0.4 is 16.6 Å². The van der Waals surface area contributed by atoms with Gasteiger partial charge in [-0.2, -0.15) is 0 Å². The van der Waals surface area contributed by atoms with Crippen molar-refractivity contribution in [3.8, 4) is 0 Å². The van der Waals surface area contributed by atoms with Crippen molar-refractivity contribution in [1.29, 1.82) is 0 Å². The summed E-state index contributed by atoms with van der Waals surface area (Å²) in [6, 6.07) is 3.20. The maximum atomic E-state index is 12.0. The van der Waals surface area contributed by atoms with Crippen LogP contribution in [0.4, 0.5) is 5.82 Å². The Morgan fingerprint density at radius 3 is 2.65 bits per heavy atom. The molecule has 0 radical (unpaired) electrons. The highest BCUT2D eigenvalue weighted by Crippen LogP contribution is 2.11. The van der Waals surface area contributed by atoms with Crippen molar-refractivity contribution in [3.63, 3.8) is 0 Å². The molecule has 0 unspecified atom stereocenters. The number of sulfone groups is 1. The molecule has 7 nitrogen and oxygen atoms in total. The van der Waals surface area contributed by atoms with Crippen LogP contribution in [0.25, 0.3) is 0 Å². The second-order valence-electron chi connectivity index (χ2n) is 4.51. The van der Waals surface area contributed by atoms with Gasteiger partial charge in [-0.25, -0.2) is 19.2 Å². The van der Waals surface area contributed by atoms with Gasteiger partial charge in [0.2, 0.25) is 0 Å². The highest BCUT2D eigenvalue weighted by molar-refractivity contribution is 7.90. The van der Waals surface area contributed by atoms with Crippen molar-refractivity contribution in [2.24, 2.45) is 5.84 Å². The van der Waals surface area contributed by atoms with Crippen LogP contribution in [0.3, 0.4) is 0 Å². The minimum Gasteiger partial charge on any atom is -0.351 e. The molecule has 0 fully saturated rings. The van der Waals surface area contributed by atoms with E-state index in [0.717, 1.165) is 24.8 Å². The number of anilines is 1. The maximum Gasteiger partial charge on any atom is 0.251 e. The first-order valence-electron chi connectivity index (χ1n) is 6.29. The monoisotopic (exact) mass is 300 g/mol. The Kier molecular flexibility index (Phi) is 5.90. The fourth-order valence-electron chi connectivity index (χ4n) is 1.63. The van der Waals surface area contributed by atoms with Crippen LogP contribution >= 0.6 is 0 Å². The zero-order chi connectivity index (χ0) is 15.2. The minimum absolute atomic E-state index is 0.0779. The number of rotatable bonds is 7. The van der Waals surface area contributed by atoms with Gasteiger partial charge in [-0.1, -0.05) is 13.3 Å². The molecule has 4 N–H and O–H groups in total. The Morgan fingerprint density at radius 1 is 1.40 bits per heavy atom. The first-order chi connectivity index (χ1) is 9.35. The van der Waals surface area contributed by atoms with E-state index in [1.807, 2.05) is 6.92 Å². The molecule has 1 amide bonds. The molecule has 1 aromatic heterocycles. The lowest BCUT2D eigenvalue weighted by Gasteiger charge is -2.08. The molecule has 0 bridgehead atoms. The first-order valence-corrected chi connectivity index (χ1v) is 8.35. The van der Waals surface area contributed by atoms with Gasteiger partial charge in [0, 0.05) is 24.1 Å². The van der Waals surface area contributed by atoms with Crippen LogP contribution in [0.1, 0.15) is 29.4 Å². The van der Waals surface area contributed by atoms with Crippen molar-refractivity contribution in [3.05, 3.63) is 23.4 Å². The molecule has 20 heavy (non-hydrogen) atoms. The number of nitrogens with two attached hydrogens (primary N) is 1. The first kappa shape index (κ1) is 16.4. The molecule has 0 aliphatic carbocycles. The Labute approximate surface area is 118 Å². The van der Waals surface area contributed by atoms with Crippen molar-refractivity contribution in [2.75, 3.05) is 24.0 Å². The molecule has 8 heteroatoms. The lowest BCUT2D eigenvalue weighted by molar-refractivity contribution is 0.0956. The number of aryl methyl sites for hydroxylation is 1. The third kappa shape index (κ3) is 5.54. The number of pyridine rings is 1. The zero-order valence-corrected chi connectivity index (χ0v) is 12.5. The Morgan fingerprint density at radius 2 is 2.10 bits per heavy atom. The standard InChI is InChI=1S/C12H20N4O3S/c1-3-4-10-7-9(8-11(15-10)16-13)12(17)14-5-6-20(2,18)19/h7-8H,3-6,13H2,1-2H3,(H,14,17)(H,15,16). The van der Waals surface area contributed by atoms with Gasteiger partial charge in [-0.05, 0) is 18.6 Å². The summed E-state index contributed by atoms with van der Waals surface area (Å²) in [5.74, 6) is 5.29. The summed E-state index contributed by atoms with van der Waals surface area (Å²) in [6.07, 6.45) is 2.76. The van der Waals surface area contributed by atoms with Crippen LogP contribution in [-0.2, 0) is 16.3 Å². The number of nitrogens with zero attached hydrogens (tertiary/aromatic N) is 1. The van der Waals surface area contributed by atoms with Crippen LogP contribution in [0.15, 0.2) is 12.1 Å². The number of nitrogens with one attached hydrogen (secondary N) is 2. The van der Waals surface area contributed by atoms with Crippen LogP contribution in [0.2, 0.25) is 0 Å². The number of hydrogen-bond acceptors (Lipinski definition) is 6. The Hall–Kier alpha value is -1.67. The quantitative estimate of drug-likeness (QED) is 0.486. The van der Waals surface area contributed by atoms with Gasteiger partial charge < -0.3 is 10.7 Å². The predicted molar refractivity (Wildman–Crippen MR) is 78.1 cm³/mol. The number of hydrogen-bond donors (Lipinski definition) is 3. The molecule has 1 aromatic rings. The fourth-order valence-corrected chi connectivity index (χ4v) is 2.10. The highest BCUT2D eigenvalue weighted by atomic mass is 32.2. The van der Waals surface area contributed by atoms with Gasteiger partial charge in [-0.3, -0.25) is 4.79 Å². The average Bonchev–Trinajstić information content (AvgIpc) is 2.37. The van der Waals surface area contributed by atoms with E-state index < -0.39 is 9.84 Å². The summed E-state index contributed by atoms with van der Waals surface area (Å²) < 4.78 is 22.0. The van der Waals surface area contributed by atoms with Gasteiger partial charge in [0.25, 0.3) is 5.91 Å². The predicted octanol–water partition coefficient (Wildman–Crippen LogP) is 0.0941. The molecule has 0 saturated carbocycles. The molecular formula is C12H20N4O3S. The number of aromatic nitrogens is 1. The van der Waals surface area contributed by atoms with Crippen molar-refractivity contribution >= 4 is 21.6 Å². The second kappa shape index (κ2) is 7.20. The van der Waals surface area contributed by atoms with E-state index in [4.69, 9.17) is 5.84 Å². The normalized spacial score (nSPS) is 11.2. The summed E-state index contributed by atoms with van der Waals surface area (Å²) in [5.41, 5.74) is 3.58. The van der Waals surface area contributed by atoms with E-state index in [2.05, 4.69) is 15.7 Å². The smallest absolute Gasteiger partial charge is 0.251 e. The second-order valence-corrected chi connectivity index (χ2v) is 6.77. The SMILES string of the molecule is CCCc1cc(C(=O)NCCS(C)(=O)=O)cc(NN)n1. The molecule has 0 spiro atoms. The average molecular weight is 300 g/mol. The van der Waals surface area contributed by atoms with E-state index >= 15 is 0 Å². The van der Waals surface area contributed by atoms with Crippen LogP contribution in [-0.4, -0.2) is 37.9 Å². The molecule has 1 rings (SSSR count). The van der Waals surface area contributed by atoms with Crippen LogP contribution in [0.5, 0.6) is 0 Å². The third-order valence-electron chi connectivity index (χ3n) is 2.55. The molecule has 112 valence electrons. The van der Waals surface area contributed by atoms with Crippen molar-refractivity contribution < 1.29 is 13.2 Å². The Balaban J connectivity index is 2.78. The van der Waals surface area contributed by atoms with E-state index in [-0.39, 0.29) is 18.2 Å². The van der Waals surface area contributed by atoms with Crippen LogP contribution in [0, 0.1) is 0 Å². The maximum absolute atomic E-state index is 12.0. The van der Waals surface area contributed by atoms with Gasteiger partial charge in [0.15, 0.2) is 0 Å². The van der Waals surface area contributed by atoms with Crippen molar-refractivity contribution in [1.82, 2.24) is 10.3 Å². The largest absolute Gasteiger partial charge is 0.351 e. The fraction of sp³-hybridized carbons (Fsp3) is 0.500. The van der Waals surface area contributed by atoms with Gasteiger partial charge in [-0.15, -0.1) is 0 Å². The summed E-state index contributed by atoms with van der Waals surface area (Å²) >= 11 is 0. The summed E-state index contributed by atoms with van der Waals surface area (Å²) in [5, 5.41) is 2.56.